The highest BCUT2D eigenvalue weighted by Crippen LogP contribution is 2.31. The number of carboxylic acids is 1. The van der Waals surface area contributed by atoms with Crippen LogP contribution in [0.2, 0.25) is 0 Å². The standard InChI is InChI=1S/C12H14N2O4/c1-12(2,11(16)17)14-7-3-4-9-8(5-7)13-10(15)6-18-9/h3-5,14H,6H2,1-2H3,(H,13,15)(H,16,17). The van der Waals surface area contributed by atoms with Gasteiger partial charge in [0.25, 0.3) is 5.91 Å². The number of carbonyl (C=O) groups excluding carboxylic acids is 1. The molecule has 0 radical (unpaired) electrons. The number of carboxylic acid groups (broad SMARTS) is 1. The molecule has 0 spiro atoms. The minimum atomic E-state index is -1.09. The lowest BCUT2D eigenvalue weighted by Crippen LogP contribution is -2.40. The summed E-state index contributed by atoms with van der Waals surface area (Å²) >= 11 is 0. The van der Waals surface area contributed by atoms with E-state index in [1.807, 2.05) is 0 Å². The quantitative estimate of drug-likeness (QED) is 0.752. The number of aliphatic carboxylic acids is 1. The fourth-order valence-electron chi connectivity index (χ4n) is 1.58. The van der Waals surface area contributed by atoms with Gasteiger partial charge in [0.05, 0.1) is 5.69 Å². The van der Waals surface area contributed by atoms with E-state index >= 15 is 0 Å². The van der Waals surface area contributed by atoms with Crippen LogP contribution >= 0.6 is 0 Å². The molecule has 0 aliphatic carbocycles. The summed E-state index contributed by atoms with van der Waals surface area (Å²) in [6, 6.07) is 5.05. The van der Waals surface area contributed by atoms with Crippen molar-refractivity contribution in [3.05, 3.63) is 18.2 Å². The molecule has 1 aromatic rings. The van der Waals surface area contributed by atoms with Crippen molar-refractivity contribution >= 4 is 23.3 Å². The predicted octanol–water partition coefficient (Wildman–Crippen LogP) is 1.29. The molecule has 0 saturated carbocycles. The van der Waals surface area contributed by atoms with E-state index < -0.39 is 11.5 Å². The van der Waals surface area contributed by atoms with Crippen LogP contribution in [-0.4, -0.2) is 29.1 Å². The van der Waals surface area contributed by atoms with Crippen LogP contribution in [0.1, 0.15) is 13.8 Å². The molecule has 1 amide bonds. The van der Waals surface area contributed by atoms with Crippen molar-refractivity contribution in [3.8, 4) is 5.75 Å². The van der Waals surface area contributed by atoms with Gasteiger partial charge in [-0.3, -0.25) is 4.79 Å². The highest BCUT2D eigenvalue weighted by Gasteiger charge is 2.27. The van der Waals surface area contributed by atoms with Crippen molar-refractivity contribution in [2.24, 2.45) is 0 Å². The van der Waals surface area contributed by atoms with E-state index in [4.69, 9.17) is 9.84 Å². The third kappa shape index (κ3) is 2.37. The predicted molar refractivity (Wildman–Crippen MR) is 65.9 cm³/mol. The fraction of sp³-hybridized carbons (Fsp3) is 0.333. The Morgan fingerprint density at radius 1 is 1.50 bits per heavy atom. The Morgan fingerprint density at radius 3 is 2.89 bits per heavy atom. The van der Waals surface area contributed by atoms with Gasteiger partial charge in [0.1, 0.15) is 11.3 Å². The highest BCUT2D eigenvalue weighted by atomic mass is 16.5. The molecule has 1 heterocycles. The van der Waals surface area contributed by atoms with E-state index in [2.05, 4.69) is 10.6 Å². The molecular weight excluding hydrogens is 236 g/mol. The monoisotopic (exact) mass is 250 g/mol. The number of rotatable bonds is 3. The molecular formula is C12H14N2O4. The third-order valence-corrected chi connectivity index (χ3v) is 2.60. The Bertz CT molecular complexity index is 511. The summed E-state index contributed by atoms with van der Waals surface area (Å²) in [6.45, 7) is 3.12. The van der Waals surface area contributed by atoms with Gasteiger partial charge >= 0.3 is 5.97 Å². The summed E-state index contributed by atoms with van der Waals surface area (Å²) in [5, 5.41) is 14.6. The minimum Gasteiger partial charge on any atom is -0.482 e. The first-order valence-corrected chi connectivity index (χ1v) is 5.47. The largest absolute Gasteiger partial charge is 0.482 e. The first kappa shape index (κ1) is 12.2. The van der Waals surface area contributed by atoms with Gasteiger partial charge in [0.15, 0.2) is 6.61 Å². The van der Waals surface area contributed by atoms with Crippen LogP contribution in [0, 0.1) is 0 Å². The van der Waals surface area contributed by atoms with E-state index in [-0.39, 0.29) is 12.5 Å². The Balaban J connectivity index is 2.24. The fourth-order valence-corrected chi connectivity index (χ4v) is 1.58. The molecule has 1 aliphatic rings. The Labute approximate surface area is 104 Å². The first-order valence-electron chi connectivity index (χ1n) is 5.47. The molecule has 0 atom stereocenters. The molecule has 18 heavy (non-hydrogen) atoms. The number of hydrogen-bond donors (Lipinski definition) is 3. The minimum absolute atomic E-state index is 0.000391. The molecule has 1 aliphatic heterocycles. The molecule has 6 nitrogen and oxygen atoms in total. The zero-order valence-corrected chi connectivity index (χ0v) is 10.1. The maximum absolute atomic E-state index is 11.2. The van der Waals surface area contributed by atoms with Crippen molar-refractivity contribution in [2.75, 3.05) is 17.2 Å². The van der Waals surface area contributed by atoms with Gasteiger partial charge in [-0.1, -0.05) is 0 Å². The second-order valence-corrected chi connectivity index (χ2v) is 4.60. The summed E-state index contributed by atoms with van der Waals surface area (Å²) < 4.78 is 5.21. The molecule has 0 aromatic heterocycles. The van der Waals surface area contributed by atoms with Crippen LogP contribution in [0.3, 0.4) is 0 Å². The summed E-state index contributed by atoms with van der Waals surface area (Å²) in [7, 11) is 0. The number of carbonyl (C=O) groups is 2. The van der Waals surface area contributed by atoms with E-state index in [1.54, 1.807) is 32.0 Å². The smallest absolute Gasteiger partial charge is 0.328 e. The molecule has 0 unspecified atom stereocenters. The SMILES string of the molecule is CC(C)(Nc1ccc2c(c1)NC(=O)CO2)C(=O)O. The first-order chi connectivity index (χ1) is 8.38. The highest BCUT2D eigenvalue weighted by molar-refractivity contribution is 5.96. The van der Waals surface area contributed by atoms with Crippen LogP contribution in [0.15, 0.2) is 18.2 Å². The molecule has 6 heteroatoms. The summed E-state index contributed by atoms with van der Waals surface area (Å²) in [5.74, 6) is -0.606. The number of nitrogens with one attached hydrogen (secondary N) is 2. The summed E-state index contributed by atoms with van der Waals surface area (Å²) in [6.07, 6.45) is 0. The second-order valence-electron chi connectivity index (χ2n) is 4.60. The van der Waals surface area contributed by atoms with Crippen molar-refractivity contribution in [2.45, 2.75) is 19.4 Å². The number of amides is 1. The number of ether oxygens (including phenoxy) is 1. The van der Waals surface area contributed by atoms with Gasteiger partial charge in [-0.25, -0.2) is 4.79 Å². The van der Waals surface area contributed by atoms with Crippen LogP contribution in [-0.2, 0) is 9.59 Å². The third-order valence-electron chi connectivity index (χ3n) is 2.60. The van der Waals surface area contributed by atoms with Crippen LogP contribution < -0.4 is 15.4 Å². The molecule has 96 valence electrons. The number of benzene rings is 1. The molecule has 0 saturated heterocycles. The Kier molecular flexibility index (Phi) is 2.86. The van der Waals surface area contributed by atoms with Crippen molar-refractivity contribution in [1.29, 1.82) is 0 Å². The lowest BCUT2D eigenvalue weighted by Gasteiger charge is -2.24. The topological polar surface area (TPSA) is 87.7 Å². The lowest BCUT2D eigenvalue weighted by molar-refractivity contribution is -0.141. The van der Waals surface area contributed by atoms with Gasteiger partial charge in [0, 0.05) is 5.69 Å². The molecule has 0 fully saturated rings. The molecule has 2 rings (SSSR count). The van der Waals surface area contributed by atoms with E-state index in [9.17, 15) is 9.59 Å². The van der Waals surface area contributed by atoms with Crippen molar-refractivity contribution in [1.82, 2.24) is 0 Å². The average Bonchev–Trinajstić information content (AvgIpc) is 2.27. The zero-order chi connectivity index (χ0) is 13.3. The number of hydrogen-bond acceptors (Lipinski definition) is 4. The van der Waals surface area contributed by atoms with Crippen LogP contribution in [0.4, 0.5) is 11.4 Å². The molecule has 0 bridgehead atoms. The Hall–Kier alpha value is -2.24. The maximum Gasteiger partial charge on any atom is 0.328 e. The van der Waals surface area contributed by atoms with Gasteiger partial charge in [-0.15, -0.1) is 0 Å². The molecule has 3 N–H and O–H groups in total. The number of fused-ring (bicyclic) bond motifs is 1. The van der Waals surface area contributed by atoms with Gasteiger partial charge in [-0.2, -0.15) is 0 Å². The number of anilines is 2. The van der Waals surface area contributed by atoms with Crippen LogP contribution in [0.5, 0.6) is 5.75 Å². The Morgan fingerprint density at radius 2 is 2.22 bits per heavy atom. The van der Waals surface area contributed by atoms with Gasteiger partial charge < -0.3 is 20.5 Å². The van der Waals surface area contributed by atoms with Gasteiger partial charge in [0.2, 0.25) is 0 Å². The van der Waals surface area contributed by atoms with Gasteiger partial charge in [-0.05, 0) is 32.0 Å². The van der Waals surface area contributed by atoms with Crippen molar-refractivity contribution in [3.63, 3.8) is 0 Å². The van der Waals surface area contributed by atoms with E-state index in [1.165, 1.54) is 0 Å². The van der Waals surface area contributed by atoms with Crippen LogP contribution in [0.25, 0.3) is 0 Å². The zero-order valence-electron chi connectivity index (χ0n) is 10.1. The van der Waals surface area contributed by atoms with E-state index in [0.717, 1.165) is 0 Å². The maximum atomic E-state index is 11.2. The normalized spacial score (nSPS) is 14.2. The second kappa shape index (κ2) is 4.21. The molecule has 1 aromatic carbocycles. The average molecular weight is 250 g/mol. The lowest BCUT2D eigenvalue weighted by atomic mass is 10.1. The summed E-state index contributed by atoms with van der Waals surface area (Å²) in [4.78, 5) is 22.2. The van der Waals surface area contributed by atoms with Crippen molar-refractivity contribution < 1.29 is 19.4 Å². The summed E-state index contributed by atoms with van der Waals surface area (Å²) in [5.41, 5.74) is 0.0534. The van der Waals surface area contributed by atoms with E-state index in [0.29, 0.717) is 17.1 Å².